The molecule has 1 aliphatic rings. The van der Waals surface area contributed by atoms with Gasteiger partial charge in [-0.25, -0.2) is 0 Å². The zero-order valence-electron chi connectivity index (χ0n) is 14.1. The van der Waals surface area contributed by atoms with Crippen LogP contribution in [0.2, 0.25) is 0 Å². The highest BCUT2D eigenvalue weighted by Crippen LogP contribution is 2.45. The van der Waals surface area contributed by atoms with Gasteiger partial charge in [-0.1, -0.05) is 34.1 Å². The molecule has 120 valence electrons. The number of thiophene rings is 1. The maximum atomic E-state index is 11.8. The van der Waals surface area contributed by atoms with E-state index in [1.165, 1.54) is 16.9 Å². The fraction of sp³-hybridized carbons (Fsp3) is 0.667. The van der Waals surface area contributed by atoms with E-state index in [1.807, 2.05) is 6.92 Å². The van der Waals surface area contributed by atoms with Gasteiger partial charge in [-0.3, -0.25) is 4.79 Å². The van der Waals surface area contributed by atoms with Crippen molar-refractivity contribution in [2.45, 2.75) is 66.2 Å². The third-order valence-corrected chi connectivity index (χ3v) is 6.29. The van der Waals surface area contributed by atoms with E-state index < -0.39 is 0 Å². The van der Waals surface area contributed by atoms with E-state index in [1.54, 1.807) is 11.3 Å². The van der Waals surface area contributed by atoms with Crippen LogP contribution in [0.4, 0.5) is 5.00 Å². The van der Waals surface area contributed by atoms with E-state index in [0.717, 1.165) is 30.7 Å². The summed E-state index contributed by atoms with van der Waals surface area (Å²) in [6, 6.07) is 2.31. The molecule has 1 unspecified atom stereocenters. The minimum atomic E-state index is 0.0167. The molecular weight excluding hydrogens is 292 g/mol. The quantitative estimate of drug-likeness (QED) is 0.839. The van der Waals surface area contributed by atoms with Crippen LogP contribution in [0.1, 0.15) is 69.4 Å². The van der Waals surface area contributed by atoms with Crippen LogP contribution >= 0.6 is 11.3 Å². The molecule has 0 saturated heterocycles. The maximum Gasteiger partial charge on any atom is 0.224 e. The summed E-state index contributed by atoms with van der Waals surface area (Å²) in [7, 11) is 0. The number of hydrogen-bond acceptors (Lipinski definition) is 3. The van der Waals surface area contributed by atoms with Crippen LogP contribution in [-0.2, 0) is 17.6 Å². The number of nitriles is 1. The molecule has 1 aromatic rings. The largest absolute Gasteiger partial charge is 0.317 e. The molecule has 1 aromatic heterocycles. The Labute approximate surface area is 137 Å². The summed E-state index contributed by atoms with van der Waals surface area (Å²) in [6.45, 7) is 8.92. The minimum Gasteiger partial charge on any atom is -0.317 e. The van der Waals surface area contributed by atoms with Gasteiger partial charge in [0.2, 0.25) is 5.91 Å². The molecule has 0 aliphatic heterocycles. The van der Waals surface area contributed by atoms with Gasteiger partial charge in [-0.15, -0.1) is 11.3 Å². The Hall–Kier alpha value is -1.34. The Morgan fingerprint density at radius 3 is 2.77 bits per heavy atom. The molecule has 4 heteroatoms. The van der Waals surface area contributed by atoms with Crippen molar-refractivity contribution in [2.75, 3.05) is 5.32 Å². The first-order chi connectivity index (χ1) is 10.4. The van der Waals surface area contributed by atoms with Crippen molar-refractivity contribution in [3.8, 4) is 6.07 Å². The summed E-state index contributed by atoms with van der Waals surface area (Å²) in [6.07, 6.45) is 5.65. The topological polar surface area (TPSA) is 52.9 Å². The van der Waals surface area contributed by atoms with E-state index in [0.29, 0.717) is 23.3 Å². The molecule has 0 spiro atoms. The summed E-state index contributed by atoms with van der Waals surface area (Å²) in [5, 5.41) is 13.2. The van der Waals surface area contributed by atoms with Gasteiger partial charge in [0.05, 0.1) is 5.56 Å². The van der Waals surface area contributed by atoms with Gasteiger partial charge in [0.15, 0.2) is 0 Å². The monoisotopic (exact) mass is 318 g/mol. The van der Waals surface area contributed by atoms with Gasteiger partial charge < -0.3 is 5.32 Å². The van der Waals surface area contributed by atoms with Crippen LogP contribution in [0.15, 0.2) is 0 Å². The minimum absolute atomic E-state index is 0.0167. The van der Waals surface area contributed by atoms with Crippen molar-refractivity contribution in [2.24, 2.45) is 11.3 Å². The lowest BCUT2D eigenvalue weighted by atomic mass is 9.69. The summed E-state index contributed by atoms with van der Waals surface area (Å²) in [5.41, 5.74) is 2.22. The van der Waals surface area contributed by atoms with E-state index in [2.05, 4.69) is 32.2 Å². The molecule has 3 nitrogen and oxygen atoms in total. The molecule has 1 atom stereocenters. The lowest BCUT2D eigenvalue weighted by Crippen LogP contribution is -2.28. The summed E-state index contributed by atoms with van der Waals surface area (Å²) in [4.78, 5) is 13.2. The van der Waals surface area contributed by atoms with Crippen LogP contribution in [0, 0.1) is 22.7 Å². The number of carbonyl (C=O) groups is 1. The first-order valence-electron chi connectivity index (χ1n) is 8.27. The second-order valence-corrected chi connectivity index (χ2v) is 8.00. The molecule has 22 heavy (non-hydrogen) atoms. The number of amides is 1. The molecule has 1 amide bonds. The normalized spacial score (nSPS) is 17.7. The van der Waals surface area contributed by atoms with Gasteiger partial charge in [0.1, 0.15) is 11.1 Å². The molecule has 0 saturated carbocycles. The average molecular weight is 318 g/mol. The zero-order valence-corrected chi connectivity index (χ0v) is 14.9. The summed E-state index contributed by atoms with van der Waals surface area (Å²) >= 11 is 1.62. The van der Waals surface area contributed by atoms with Gasteiger partial charge in [-0.05, 0) is 42.6 Å². The van der Waals surface area contributed by atoms with Crippen LogP contribution in [0.5, 0.6) is 0 Å². The van der Waals surface area contributed by atoms with Crippen molar-refractivity contribution in [1.82, 2.24) is 0 Å². The smallest absolute Gasteiger partial charge is 0.224 e. The van der Waals surface area contributed by atoms with Gasteiger partial charge >= 0.3 is 0 Å². The van der Waals surface area contributed by atoms with Gasteiger partial charge in [0, 0.05) is 11.3 Å². The number of anilines is 1. The third-order valence-electron chi connectivity index (χ3n) is 5.12. The fourth-order valence-corrected chi connectivity index (χ4v) is 4.46. The third kappa shape index (κ3) is 3.35. The predicted octanol–water partition coefficient (Wildman–Crippen LogP) is 4.90. The van der Waals surface area contributed by atoms with Crippen molar-refractivity contribution >= 4 is 22.2 Å². The molecule has 0 bridgehead atoms. The molecule has 1 aliphatic carbocycles. The molecule has 1 heterocycles. The maximum absolute atomic E-state index is 11.8. The number of nitrogens with zero attached hydrogens (tertiary/aromatic N) is 1. The number of fused-ring (bicyclic) bond motifs is 1. The molecule has 0 aromatic carbocycles. The van der Waals surface area contributed by atoms with Crippen LogP contribution in [0.3, 0.4) is 0 Å². The number of carbonyl (C=O) groups excluding carboxylic acids is 1. The standard InChI is InChI=1S/C18H26N2OS/c1-5-7-16(21)20-17-14(11-19)13-9-8-12(10-15(13)22-17)18(3,4)6-2/h12H,5-10H2,1-4H3,(H,20,21). The lowest BCUT2D eigenvalue weighted by Gasteiger charge is -2.36. The van der Waals surface area contributed by atoms with Crippen molar-refractivity contribution in [1.29, 1.82) is 5.26 Å². The highest BCUT2D eigenvalue weighted by Gasteiger charge is 2.33. The first kappa shape index (κ1) is 17.0. The van der Waals surface area contributed by atoms with E-state index in [-0.39, 0.29) is 5.91 Å². The van der Waals surface area contributed by atoms with E-state index in [4.69, 9.17) is 0 Å². The SMILES string of the molecule is CCCC(=O)Nc1sc2c(c1C#N)CCC(C(C)(C)CC)C2. The molecular formula is C18H26N2OS. The highest BCUT2D eigenvalue weighted by atomic mass is 32.1. The van der Waals surface area contributed by atoms with Crippen molar-refractivity contribution < 1.29 is 4.79 Å². The van der Waals surface area contributed by atoms with Gasteiger partial charge in [0.25, 0.3) is 0 Å². The molecule has 0 radical (unpaired) electrons. The van der Waals surface area contributed by atoms with Crippen LogP contribution < -0.4 is 5.32 Å². The second kappa shape index (κ2) is 6.83. The summed E-state index contributed by atoms with van der Waals surface area (Å²) in [5.74, 6) is 0.678. The Kier molecular flexibility index (Phi) is 5.28. The number of hydrogen-bond donors (Lipinski definition) is 1. The highest BCUT2D eigenvalue weighted by molar-refractivity contribution is 7.16. The molecule has 1 N–H and O–H groups in total. The van der Waals surface area contributed by atoms with Gasteiger partial charge in [-0.2, -0.15) is 5.26 Å². The van der Waals surface area contributed by atoms with Crippen LogP contribution in [-0.4, -0.2) is 5.91 Å². The number of nitrogens with one attached hydrogen (secondary N) is 1. The molecule has 2 rings (SSSR count). The zero-order chi connectivity index (χ0) is 16.3. The second-order valence-electron chi connectivity index (χ2n) is 6.90. The predicted molar refractivity (Wildman–Crippen MR) is 92.2 cm³/mol. The Morgan fingerprint density at radius 1 is 1.45 bits per heavy atom. The van der Waals surface area contributed by atoms with Crippen molar-refractivity contribution in [3.63, 3.8) is 0 Å². The Morgan fingerprint density at radius 2 is 2.18 bits per heavy atom. The average Bonchev–Trinajstić information content (AvgIpc) is 2.83. The van der Waals surface area contributed by atoms with E-state index in [9.17, 15) is 10.1 Å². The molecule has 0 fully saturated rings. The Bertz CT molecular complexity index is 595. The first-order valence-corrected chi connectivity index (χ1v) is 9.09. The fourth-order valence-electron chi connectivity index (χ4n) is 3.16. The van der Waals surface area contributed by atoms with E-state index >= 15 is 0 Å². The lowest BCUT2D eigenvalue weighted by molar-refractivity contribution is -0.116. The Balaban J connectivity index is 2.25. The van der Waals surface area contributed by atoms with Crippen LogP contribution in [0.25, 0.3) is 0 Å². The summed E-state index contributed by atoms with van der Waals surface area (Å²) < 4.78 is 0. The van der Waals surface area contributed by atoms with Crippen molar-refractivity contribution in [3.05, 3.63) is 16.0 Å². The number of rotatable bonds is 5.